The third kappa shape index (κ3) is 5.58. The molecule has 0 bridgehead atoms. The Kier molecular flexibility index (Phi) is 8.92. The van der Waals surface area contributed by atoms with Crippen LogP contribution in [-0.4, -0.2) is 18.4 Å². The van der Waals surface area contributed by atoms with Gasteiger partial charge in [0.25, 0.3) is 0 Å². The second kappa shape index (κ2) is 9.86. The van der Waals surface area contributed by atoms with E-state index in [1.165, 1.54) is 55.4 Å². The maximum atomic E-state index is 14.7. The monoisotopic (exact) mass is 400 g/mol. The van der Waals surface area contributed by atoms with E-state index in [4.69, 9.17) is 0 Å². The van der Waals surface area contributed by atoms with Crippen LogP contribution in [0.2, 0.25) is 13.3 Å². The molecular formula is C19H33FSn. The van der Waals surface area contributed by atoms with Gasteiger partial charge in [-0.3, -0.25) is 0 Å². The van der Waals surface area contributed by atoms with E-state index in [0.717, 1.165) is 5.56 Å². The topological polar surface area (TPSA) is 0 Å². The van der Waals surface area contributed by atoms with Crippen molar-refractivity contribution >= 4 is 22.0 Å². The van der Waals surface area contributed by atoms with Crippen LogP contribution in [0.25, 0.3) is 0 Å². The molecule has 0 N–H and O–H groups in total. The molecule has 1 rings (SSSR count). The van der Waals surface area contributed by atoms with Crippen LogP contribution >= 0.6 is 0 Å². The van der Waals surface area contributed by atoms with Crippen molar-refractivity contribution in [3.8, 4) is 0 Å². The molecule has 1 aromatic rings. The van der Waals surface area contributed by atoms with Crippen LogP contribution in [0.15, 0.2) is 18.2 Å². The summed E-state index contributed by atoms with van der Waals surface area (Å²) >= 11 is -2.56. The summed E-state index contributed by atoms with van der Waals surface area (Å²) in [5.41, 5.74) is 1.05. The Labute approximate surface area is 135 Å². The minimum atomic E-state index is -2.56. The second-order valence-electron chi connectivity index (χ2n) is 6.57. The zero-order valence-corrected chi connectivity index (χ0v) is 17.3. The first-order chi connectivity index (χ1) is 10.1. The fourth-order valence-electron chi connectivity index (χ4n) is 3.37. The molecule has 0 aromatic heterocycles. The fourth-order valence-corrected chi connectivity index (χ4v) is 19.5. The molecule has 0 heterocycles. The standard InChI is InChI=1S/C7H6F.3C4H9.Sn/c1-6-3-2-4-7(8)5-6;3*1-3-4-2;/h2-3,5H,1H3;3*1,3-4H2,2H3;. The second-order valence-corrected chi connectivity index (χ2v) is 19.7. The van der Waals surface area contributed by atoms with Gasteiger partial charge >= 0.3 is 135 Å². The van der Waals surface area contributed by atoms with E-state index < -0.39 is 18.4 Å². The molecule has 0 radical (unpaired) electrons. The maximum absolute atomic E-state index is 14.7. The van der Waals surface area contributed by atoms with Crippen LogP contribution in [0.5, 0.6) is 0 Å². The zero-order valence-electron chi connectivity index (χ0n) is 14.5. The van der Waals surface area contributed by atoms with E-state index in [1.54, 1.807) is 6.07 Å². The Morgan fingerprint density at radius 2 is 1.33 bits per heavy atom. The van der Waals surface area contributed by atoms with Crippen molar-refractivity contribution < 1.29 is 4.39 Å². The molecule has 2 heteroatoms. The van der Waals surface area contributed by atoms with Gasteiger partial charge in [0.1, 0.15) is 0 Å². The van der Waals surface area contributed by atoms with E-state index >= 15 is 0 Å². The molecule has 0 atom stereocenters. The van der Waals surface area contributed by atoms with E-state index in [9.17, 15) is 4.39 Å². The average Bonchev–Trinajstić information content (AvgIpc) is 2.47. The minimum absolute atomic E-state index is 0.106. The normalized spacial score (nSPS) is 11.9. The summed E-state index contributed by atoms with van der Waals surface area (Å²) in [6.07, 6.45) is 7.59. The fraction of sp³-hybridized carbons (Fsp3) is 0.684. The van der Waals surface area contributed by atoms with E-state index in [2.05, 4.69) is 32.9 Å². The van der Waals surface area contributed by atoms with Gasteiger partial charge in [0, 0.05) is 0 Å². The van der Waals surface area contributed by atoms with Gasteiger partial charge in [-0.15, -0.1) is 0 Å². The first-order valence-electron chi connectivity index (χ1n) is 8.86. The van der Waals surface area contributed by atoms with Gasteiger partial charge in [0.15, 0.2) is 0 Å². The summed E-state index contributed by atoms with van der Waals surface area (Å²) < 4.78 is 19.9. The molecule has 0 saturated carbocycles. The van der Waals surface area contributed by atoms with Gasteiger partial charge < -0.3 is 0 Å². The Morgan fingerprint density at radius 3 is 1.71 bits per heavy atom. The van der Waals surface area contributed by atoms with Crippen molar-refractivity contribution in [3.63, 3.8) is 0 Å². The molecule has 0 aliphatic rings. The predicted molar refractivity (Wildman–Crippen MR) is 95.7 cm³/mol. The van der Waals surface area contributed by atoms with E-state index in [1.807, 2.05) is 6.92 Å². The molecule has 0 spiro atoms. The van der Waals surface area contributed by atoms with Crippen LogP contribution < -0.4 is 3.58 Å². The summed E-state index contributed by atoms with van der Waals surface area (Å²) in [5.74, 6) is 0.106. The van der Waals surface area contributed by atoms with Crippen molar-refractivity contribution in [2.45, 2.75) is 79.5 Å². The van der Waals surface area contributed by atoms with Crippen LogP contribution in [-0.2, 0) is 0 Å². The van der Waals surface area contributed by atoms with E-state index in [-0.39, 0.29) is 5.82 Å². The molecule has 0 amide bonds. The van der Waals surface area contributed by atoms with Crippen molar-refractivity contribution in [3.05, 3.63) is 29.6 Å². The molecule has 0 fully saturated rings. The van der Waals surface area contributed by atoms with Crippen molar-refractivity contribution in [1.82, 2.24) is 0 Å². The number of hydrogen-bond acceptors (Lipinski definition) is 0. The Hall–Kier alpha value is -0.0513. The number of benzene rings is 1. The summed E-state index contributed by atoms with van der Waals surface area (Å²) in [5, 5.41) is 0. The molecule has 0 aliphatic carbocycles. The number of hydrogen-bond donors (Lipinski definition) is 0. The number of rotatable bonds is 10. The first kappa shape index (κ1) is 19.0. The van der Waals surface area contributed by atoms with Crippen molar-refractivity contribution in [1.29, 1.82) is 0 Å². The van der Waals surface area contributed by atoms with Gasteiger partial charge in [-0.25, -0.2) is 0 Å². The molecule has 120 valence electrons. The van der Waals surface area contributed by atoms with Crippen LogP contribution in [0, 0.1) is 12.7 Å². The third-order valence-corrected chi connectivity index (χ3v) is 20.4. The Balaban J connectivity index is 3.15. The first-order valence-corrected chi connectivity index (χ1v) is 16.3. The number of aryl methyl sites for hydroxylation is 1. The van der Waals surface area contributed by atoms with Gasteiger partial charge in [-0.05, 0) is 0 Å². The average molecular weight is 399 g/mol. The molecule has 0 unspecified atom stereocenters. The molecule has 1 aromatic carbocycles. The van der Waals surface area contributed by atoms with Crippen molar-refractivity contribution in [2.75, 3.05) is 0 Å². The van der Waals surface area contributed by atoms with E-state index in [0.29, 0.717) is 0 Å². The zero-order chi connectivity index (χ0) is 15.7. The molecule has 0 aliphatic heterocycles. The molecule has 21 heavy (non-hydrogen) atoms. The summed E-state index contributed by atoms with van der Waals surface area (Å²) in [4.78, 5) is 0. The summed E-state index contributed by atoms with van der Waals surface area (Å²) in [6.45, 7) is 8.79. The molecule has 0 nitrogen and oxygen atoms in total. The van der Waals surface area contributed by atoms with Crippen LogP contribution in [0.4, 0.5) is 4.39 Å². The SMILES string of the molecule is CCC[CH2][Sn]([CH2]CCC)([CH2]CCC)[c]1ccc(C)cc1F. The quantitative estimate of drug-likeness (QED) is 0.412. The Bertz CT molecular complexity index is 392. The molecular weight excluding hydrogens is 366 g/mol. The van der Waals surface area contributed by atoms with Crippen LogP contribution in [0.3, 0.4) is 0 Å². The van der Waals surface area contributed by atoms with Crippen molar-refractivity contribution in [2.24, 2.45) is 0 Å². The van der Waals surface area contributed by atoms with Gasteiger partial charge in [0.05, 0.1) is 0 Å². The third-order valence-electron chi connectivity index (χ3n) is 4.72. The Morgan fingerprint density at radius 1 is 0.857 bits per heavy atom. The number of unbranched alkanes of at least 4 members (excludes halogenated alkanes) is 3. The van der Waals surface area contributed by atoms with Crippen LogP contribution in [0.1, 0.15) is 64.9 Å². The van der Waals surface area contributed by atoms with Gasteiger partial charge in [-0.1, -0.05) is 0 Å². The van der Waals surface area contributed by atoms with Gasteiger partial charge in [-0.2, -0.15) is 0 Å². The van der Waals surface area contributed by atoms with Gasteiger partial charge in [0.2, 0.25) is 0 Å². The number of halogens is 1. The summed E-state index contributed by atoms with van der Waals surface area (Å²) in [6, 6.07) is 6.06. The molecule has 0 saturated heterocycles. The summed E-state index contributed by atoms with van der Waals surface area (Å²) in [7, 11) is 0. The predicted octanol–water partition coefficient (Wildman–Crippen LogP) is 6.19.